The largest absolute Gasteiger partial charge is 0.393 e. The van der Waals surface area contributed by atoms with Gasteiger partial charge >= 0.3 is 0 Å². The van der Waals surface area contributed by atoms with E-state index in [1.54, 1.807) is 7.11 Å². The van der Waals surface area contributed by atoms with Gasteiger partial charge in [0.25, 0.3) is 0 Å². The van der Waals surface area contributed by atoms with Crippen LogP contribution in [0.2, 0.25) is 0 Å². The smallest absolute Gasteiger partial charge is 0.0745 e. The van der Waals surface area contributed by atoms with Gasteiger partial charge in [-0.15, -0.1) is 0 Å². The molecule has 0 saturated heterocycles. The summed E-state index contributed by atoms with van der Waals surface area (Å²) in [6.45, 7) is 3.65. The third-order valence-corrected chi connectivity index (χ3v) is 2.83. The van der Waals surface area contributed by atoms with Crippen molar-refractivity contribution in [2.24, 2.45) is 5.73 Å². The second kappa shape index (κ2) is 7.25. The lowest BCUT2D eigenvalue weighted by atomic mass is 10.2. The Morgan fingerprint density at radius 1 is 1.41 bits per heavy atom. The Bertz CT molecular complexity index is 343. The van der Waals surface area contributed by atoms with Gasteiger partial charge in [0.05, 0.1) is 11.6 Å². The monoisotopic (exact) mass is 252 g/mol. The molecule has 0 fully saturated rings. The molecule has 0 aromatic heterocycles. The molecular formula is C13H20N2OS. The van der Waals surface area contributed by atoms with Crippen molar-refractivity contribution < 1.29 is 4.74 Å². The van der Waals surface area contributed by atoms with Crippen LogP contribution in [0.15, 0.2) is 30.3 Å². The van der Waals surface area contributed by atoms with Crippen LogP contribution in [-0.4, -0.2) is 31.3 Å². The number of hydrogen-bond donors (Lipinski definition) is 1. The van der Waals surface area contributed by atoms with Crippen LogP contribution in [0.3, 0.4) is 0 Å². The summed E-state index contributed by atoms with van der Waals surface area (Å²) in [6.07, 6.45) is 0.721. The van der Waals surface area contributed by atoms with Gasteiger partial charge in [-0.3, -0.25) is 0 Å². The van der Waals surface area contributed by atoms with E-state index in [4.69, 9.17) is 22.7 Å². The van der Waals surface area contributed by atoms with Crippen LogP contribution in [0.5, 0.6) is 0 Å². The second-order valence-electron chi connectivity index (χ2n) is 4.05. The maximum Gasteiger partial charge on any atom is 0.0745 e. The van der Waals surface area contributed by atoms with Crippen molar-refractivity contribution >= 4 is 22.9 Å². The molecule has 1 unspecified atom stereocenters. The first-order valence-electron chi connectivity index (χ1n) is 5.74. The Morgan fingerprint density at radius 2 is 2.06 bits per heavy atom. The van der Waals surface area contributed by atoms with E-state index in [1.807, 2.05) is 18.2 Å². The van der Waals surface area contributed by atoms with Gasteiger partial charge in [0.2, 0.25) is 0 Å². The summed E-state index contributed by atoms with van der Waals surface area (Å²) < 4.78 is 5.21. The van der Waals surface area contributed by atoms with Crippen molar-refractivity contribution in [3.8, 4) is 0 Å². The number of methoxy groups -OCH3 is 1. The molecule has 0 aliphatic carbocycles. The van der Waals surface area contributed by atoms with Crippen LogP contribution in [0.4, 0.5) is 5.69 Å². The SMILES string of the molecule is COCC(C)N(CCC(N)=S)c1ccccc1. The average molecular weight is 252 g/mol. The van der Waals surface area contributed by atoms with Crippen LogP contribution in [0.25, 0.3) is 0 Å². The number of ether oxygens (including phenoxy) is 1. The van der Waals surface area contributed by atoms with Crippen LogP contribution < -0.4 is 10.6 Å². The summed E-state index contributed by atoms with van der Waals surface area (Å²) in [5, 5.41) is 0. The van der Waals surface area contributed by atoms with Crippen LogP contribution >= 0.6 is 12.2 Å². The van der Waals surface area contributed by atoms with Crippen molar-refractivity contribution in [3.63, 3.8) is 0 Å². The standard InChI is InChI=1S/C13H20N2OS/c1-11(10-16-2)15(9-8-13(14)17)12-6-4-3-5-7-12/h3-7,11H,8-10H2,1-2H3,(H2,14,17). The fourth-order valence-corrected chi connectivity index (χ4v) is 1.88. The number of nitrogens with two attached hydrogens (primary N) is 1. The van der Waals surface area contributed by atoms with Gasteiger partial charge in [0.1, 0.15) is 0 Å². The Balaban J connectivity index is 2.75. The molecule has 2 N–H and O–H groups in total. The summed E-state index contributed by atoms with van der Waals surface area (Å²) in [5.74, 6) is 0. The molecule has 94 valence electrons. The molecule has 0 amide bonds. The van der Waals surface area contributed by atoms with Gasteiger partial charge in [-0.25, -0.2) is 0 Å². The van der Waals surface area contributed by atoms with E-state index in [-0.39, 0.29) is 0 Å². The minimum atomic E-state index is 0.303. The minimum absolute atomic E-state index is 0.303. The summed E-state index contributed by atoms with van der Waals surface area (Å²) in [6, 6.07) is 10.6. The van der Waals surface area contributed by atoms with E-state index < -0.39 is 0 Å². The van der Waals surface area contributed by atoms with Gasteiger partial charge in [-0.2, -0.15) is 0 Å². The minimum Gasteiger partial charge on any atom is -0.393 e. The zero-order valence-electron chi connectivity index (χ0n) is 10.4. The first-order valence-corrected chi connectivity index (χ1v) is 6.15. The molecule has 1 aromatic rings. The first kappa shape index (κ1) is 13.9. The molecule has 1 atom stereocenters. The maximum absolute atomic E-state index is 5.57. The zero-order valence-corrected chi connectivity index (χ0v) is 11.2. The van der Waals surface area contributed by atoms with Gasteiger partial charge in [0.15, 0.2) is 0 Å². The van der Waals surface area contributed by atoms with Crippen LogP contribution in [0.1, 0.15) is 13.3 Å². The Labute approximate surface area is 109 Å². The van der Waals surface area contributed by atoms with E-state index in [2.05, 4.69) is 24.0 Å². The second-order valence-corrected chi connectivity index (χ2v) is 4.57. The Kier molecular flexibility index (Phi) is 5.94. The number of nitrogens with zero attached hydrogens (tertiary/aromatic N) is 1. The fraction of sp³-hybridized carbons (Fsp3) is 0.462. The first-order chi connectivity index (χ1) is 8.15. The molecule has 3 nitrogen and oxygen atoms in total. The average Bonchev–Trinajstić information content (AvgIpc) is 2.30. The highest BCUT2D eigenvalue weighted by atomic mass is 32.1. The lowest BCUT2D eigenvalue weighted by Gasteiger charge is -2.31. The predicted octanol–water partition coefficient (Wildman–Crippen LogP) is 2.20. The van der Waals surface area contributed by atoms with E-state index in [1.165, 1.54) is 5.69 Å². The topological polar surface area (TPSA) is 38.5 Å². The molecule has 4 heteroatoms. The van der Waals surface area contributed by atoms with Crippen molar-refractivity contribution in [2.75, 3.05) is 25.2 Å². The third kappa shape index (κ3) is 4.71. The van der Waals surface area contributed by atoms with Crippen LogP contribution in [0, 0.1) is 0 Å². The molecule has 0 heterocycles. The quantitative estimate of drug-likeness (QED) is 0.755. The number of thiocarbonyl (C=S) groups is 1. The van der Waals surface area contributed by atoms with Crippen molar-refractivity contribution in [2.45, 2.75) is 19.4 Å². The summed E-state index contributed by atoms with van der Waals surface area (Å²) in [4.78, 5) is 2.82. The highest BCUT2D eigenvalue weighted by Crippen LogP contribution is 2.17. The molecule has 0 radical (unpaired) electrons. The van der Waals surface area contributed by atoms with Crippen molar-refractivity contribution in [1.29, 1.82) is 0 Å². The number of anilines is 1. The molecule has 0 spiro atoms. The predicted molar refractivity (Wildman–Crippen MR) is 76.5 cm³/mol. The molecule has 0 bridgehead atoms. The lowest BCUT2D eigenvalue weighted by Crippen LogP contribution is -2.38. The van der Waals surface area contributed by atoms with Crippen molar-refractivity contribution in [3.05, 3.63) is 30.3 Å². The van der Waals surface area contributed by atoms with E-state index >= 15 is 0 Å². The van der Waals surface area contributed by atoms with Gasteiger partial charge in [-0.1, -0.05) is 30.4 Å². The van der Waals surface area contributed by atoms with Crippen molar-refractivity contribution in [1.82, 2.24) is 0 Å². The summed E-state index contributed by atoms with van der Waals surface area (Å²) in [5.41, 5.74) is 6.74. The van der Waals surface area contributed by atoms with Crippen LogP contribution in [-0.2, 0) is 4.74 Å². The Hall–Kier alpha value is -1.13. The summed E-state index contributed by atoms with van der Waals surface area (Å²) in [7, 11) is 1.72. The highest BCUT2D eigenvalue weighted by molar-refractivity contribution is 7.80. The third-order valence-electron chi connectivity index (χ3n) is 2.63. The lowest BCUT2D eigenvalue weighted by molar-refractivity contribution is 0.182. The normalized spacial score (nSPS) is 12.1. The van der Waals surface area contributed by atoms with E-state index in [0.717, 1.165) is 13.0 Å². The molecular weight excluding hydrogens is 232 g/mol. The molecule has 1 aromatic carbocycles. The van der Waals surface area contributed by atoms with Gasteiger partial charge in [0, 0.05) is 31.8 Å². The number of rotatable bonds is 7. The van der Waals surface area contributed by atoms with Gasteiger partial charge < -0.3 is 15.4 Å². The number of para-hydroxylation sites is 1. The molecule has 0 aliphatic rings. The Morgan fingerprint density at radius 3 is 2.59 bits per heavy atom. The van der Waals surface area contributed by atoms with E-state index in [0.29, 0.717) is 17.6 Å². The molecule has 17 heavy (non-hydrogen) atoms. The van der Waals surface area contributed by atoms with E-state index in [9.17, 15) is 0 Å². The maximum atomic E-state index is 5.57. The molecule has 1 rings (SSSR count). The number of hydrogen-bond acceptors (Lipinski definition) is 3. The zero-order chi connectivity index (χ0) is 12.7. The molecule has 0 saturated carbocycles. The summed E-state index contributed by atoms with van der Waals surface area (Å²) >= 11 is 4.93. The molecule has 0 aliphatic heterocycles. The van der Waals surface area contributed by atoms with Gasteiger partial charge in [-0.05, 0) is 19.1 Å². The highest BCUT2D eigenvalue weighted by Gasteiger charge is 2.14. The fourth-order valence-electron chi connectivity index (χ4n) is 1.79. The number of benzene rings is 1.